The Labute approximate surface area is 198 Å². The van der Waals surface area contributed by atoms with E-state index in [1.165, 1.54) is 6.07 Å². The smallest absolute Gasteiger partial charge is 0.325 e. The molecule has 2 heterocycles. The molecule has 0 radical (unpaired) electrons. The molecule has 0 bridgehead atoms. The van der Waals surface area contributed by atoms with E-state index in [9.17, 15) is 24.5 Å². The molecule has 11 nitrogen and oxygen atoms in total. The number of para-hydroxylation sites is 2. The Bertz CT molecular complexity index is 1290. The molecule has 0 aliphatic carbocycles. The highest BCUT2D eigenvalue weighted by Crippen LogP contribution is 2.39. The number of aromatic nitrogens is 1. The van der Waals surface area contributed by atoms with E-state index < -0.39 is 34.9 Å². The molecule has 0 spiro atoms. The first-order valence-corrected chi connectivity index (χ1v) is 11.3. The van der Waals surface area contributed by atoms with Crippen LogP contribution in [0.1, 0.15) is 12.0 Å². The van der Waals surface area contributed by atoms with Crippen LogP contribution in [0.3, 0.4) is 0 Å². The summed E-state index contributed by atoms with van der Waals surface area (Å²) >= 11 is 1.13. The highest BCUT2D eigenvalue weighted by Gasteiger charge is 2.44. The Kier molecular flexibility index (Phi) is 6.52. The van der Waals surface area contributed by atoms with Crippen LogP contribution in [0.25, 0.3) is 10.9 Å². The van der Waals surface area contributed by atoms with Crippen molar-refractivity contribution in [2.24, 2.45) is 11.5 Å². The number of H-pyrrole nitrogens is 1. The number of benzene rings is 2. The first kappa shape index (κ1) is 23.3. The highest BCUT2D eigenvalue weighted by molar-refractivity contribution is 7.99. The third kappa shape index (κ3) is 4.32. The zero-order valence-corrected chi connectivity index (χ0v) is 18.7. The molecule has 1 aromatic heterocycles. The highest BCUT2D eigenvalue weighted by atomic mass is 32.2. The number of nitro groups is 1. The van der Waals surface area contributed by atoms with Crippen LogP contribution in [0, 0.1) is 10.1 Å². The lowest BCUT2D eigenvalue weighted by atomic mass is 10.0. The quantitative estimate of drug-likeness (QED) is 0.204. The lowest BCUT2D eigenvalue weighted by molar-refractivity contribution is -0.387. The number of nitrogens with two attached hydrogens (primary N) is 2. The number of aromatic amines is 1. The van der Waals surface area contributed by atoms with Gasteiger partial charge in [-0.1, -0.05) is 42.1 Å². The number of hydrogen-bond donors (Lipinski definition) is 4. The summed E-state index contributed by atoms with van der Waals surface area (Å²) in [6.07, 6.45) is 0.176. The van der Waals surface area contributed by atoms with Gasteiger partial charge in [0.15, 0.2) is 0 Å². The number of nitrogens with one attached hydrogen (secondary N) is 2. The van der Waals surface area contributed by atoms with Gasteiger partial charge >= 0.3 is 6.03 Å². The summed E-state index contributed by atoms with van der Waals surface area (Å²) in [5, 5.41) is 15.3. The molecular formula is C22H22N6O5S. The zero-order valence-electron chi connectivity index (χ0n) is 17.9. The Hall–Kier alpha value is -3.90. The van der Waals surface area contributed by atoms with E-state index in [2.05, 4.69) is 10.3 Å². The van der Waals surface area contributed by atoms with Gasteiger partial charge in [0, 0.05) is 23.4 Å². The van der Waals surface area contributed by atoms with Crippen LogP contribution in [-0.2, 0) is 16.0 Å². The Morgan fingerprint density at radius 3 is 2.59 bits per heavy atom. The Morgan fingerprint density at radius 2 is 1.88 bits per heavy atom. The largest absolute Gasteiger partial charge is 0.368 e. The minimum atomic E-state index is -1.25. The Morgan fingerprint density at radius 1 is 1.18 bits per heavy atom. The van der Waals surface area contributed by atoms with E-state index in [1.807, 2.05) is 24.3 Å². The summed E-state index contributed by atoms with van der Waals surface area (Å²) < 4.78 is 0. The standard InChI is InChI=1S/C22H22N6O5S/c23-10-9-15-21(30)27(22(31)26-15)17(19(24)29)11-13-12-5-1-2-6-14(12)25-20(13)34-18-8-4-3-7-16(18)28(32)33/h1-8,15,17,25H,9-11,23H2,(H2,24,29)(H,26,31)/t15-,17-/m0/s1. The van der Waals surface area contributed by atoms with Crippen LogP contribution in [0.5, 0.6) is 0 Å². The van der Waals surface area contributed by atoms with E-state index in [0.29, 0.717) is 15.5 Å². The van der Waals surface area contributed by atoms with Gasteiger partial charge in [0.1, 0.15) is 12.1 Å². The minimum Gasteiger partial charge on any atom is -0.368 e. The maximum atomic E-state index is 12.8. The number of imide groups is 1. The molecular weight excluding hydrogens is 460 g/mol. The molecule has 176 valence electrons. The van der Waals surface area contributed by atoms with Gasteiger partial charge in [-0.05, 0) is 30.7 Å². The summed E-state index contributed by atoms with van der Waals surface area (Å²) in [5.74, 6) is -1.41. The number of fused-ring (bicyclic) bond motifs is 1. The van der Waals surface area contributed by atoms with Gasteiger partial charge in [-0.15, -0.1) is 0 Å². The molecule has 4 amide bonds. The third-order valence-electron chi connectivity index (χ3n) is 5.59. The summed E-state index contributed by atoms with van der Waals surface area (Å²) in [6, 6.07) is 10.8. The molecule has 1 aliphatic rings. The van der Waals surface area contributed by atoms with E-state index >= 15 is 0 Å². The van der Waals surface area contributed by atoms with Crippen molar-refractivity contribution < 1.29 is 19.3 Å². The van der Waals surface area contributed by atoms with Crippen molar-refractivity contribution >= 4 is 46.2 Å². The number of amides is 4. The van der Waals surface area contributed by atoms with Gasteiger partial charge in [-0.25, -0.2) is 9.69 Å². The second-order valence-electron chi connectivity index (χ2n) is 7.72. The number of nitro benzene ring substituents is 1. The van der Waals surface area contributed by atoms with E-state index in [0.717, 1.165) is 27.6 Å². The maximum absolute atomic E-state index is 12.8. The van der Waals surface area contributed by atoms with E-state index in [1.54, 1.807) is 18.2 Å². The number of hydrogen-bond acceptors (Lipinski definition) is 7. The summed E-state index contributed by atoms with van der Waals surface area (Å²) in [5.41, 5.74) is 12.5. The number of carbonyl (C=O) groups is 3. The van der Waals surface area contributed by atoms with Gasteiger partial charge in [0.25, 0.3) is 11.6 Å². The van der Waals surface area contributed by atoms with Gasteiger partial charge in [0.05, 0.1) is 14.8 Å². The number of carbonyl (C=O) groups excluding carboxylic acids is 3. The van der Waals surface area contributed by atoms with Crippen molar-refractivity contribution in [1.82, 2.24) is 15.2 Å². The van der Waals surface area contributed by atoms with Crippen LogP contribution >= 0.6 is 11.8 Å². The SMILES string of the molecule is NCC[C@@H]1NC(=O)N([C@@H](Cc2c(Sc3ccccc3[N+](=O)[O-])[nH]c3ccccc23)C(N)=O)C1=O. The van der Waals surface area contributed by atoms with Crippen LogP contribution < -0.4 is 16.8 Å². The lowest BCUT2D eigenvalue weighted by Crippen LogP contribution is -2.49. The van der Waals surface area contributed by atoms with Crippen LogP contribution in [-0.4, -0.2) is 51.3 Å². The molecule has 2 aromatic carbocycles. The van der Waals surface area contributed by atoms with Crippen molar-refractivity contribution in [2.75, 3.05) is 6.54 Å². The van der Waals surface area contributed by atoms with E-state index in [-0.39, 0.29) is 25.1 Å². The maximum Gasteiger partial charge on any atom is 0.325 e. The molecule has 1 saturated heterocycles. The monoisotopic (exact) mass is 482 g/mol. The fraction of sp³-hybridized carbons (Fsp3) is 0.227. The topological polar surface area (TPSA) is 177 Å². The molecule has 1 fully saturated rings. The molecule has 0 saturated carbocycles. The van der Waals surface area contributed by atoms with Crippen molar-refractivity contribution in [3.63, 3.8) is 0 Å². The molecule has 2 atom stereocenters. The van der Waals surface area contributed by atoms with Crippen molar-refractivity contribution in [1.29, 1.82) is 0 Å². The third-order valence-corrected chi connectivity index (χ3v) is 6.71. The van der Waals surface area contributed by atoms with Gasteiger partial charge in [-0.2, -0.15) is 0 Å². The minimum absolute atomic E-state index is 0.0587. The van der Waals surface area contributed by atoms with Gasteiger partial charge in [0.2, 0.25) is 5.91 Å². The van der Waals surface area contributed by atoms with Gasteiger partial charge < -0.3 is 21.8 Å². The molecule has 34 heavy (non-hydrogen) atoms. The summed E-state index contributed by atoms with van der Waals surface area (Å²) in [6.45, 7) is 0.185. The number of nitrogens with zero attached hydrogens (tertiary/aromatic N) is 2. The fourth-order valence-electron chi connectivity index (χ4n) is 3.99. The fourth-order valence-corrected chi connectivity index (χ4v) is 5.08. The average Bonchev–Trinajstić information content (AvgIpc) is 3.28. The van der Waals surface area contributed by atoms with Crippen LogP contribution in [0.4, 0.5) is 10.5 Å². The van der Waals surface area contributed by atoms with Crippen molar-refractivity contribution in [2.45, 2.75) is 34.8 Å². The molecule has 3 aromatic rings. The molecule has 12 heteroatoms. The number of urea groups is 1. The second-order valence-corrected chi connectivity index (χ2v) is 8.77. The number of primary amides is 1. The normalized spacial score (nSPS) is 16.6. The van der Waals surface area contributed by atoms with Gasteiger partial charge in [-0.3, -0.25) is 19.7 Å². The summed E-state index contributed by atoms with van der Waals surface area (Å²) in [4.78, 5) is 53.3. The Balaban J connectivity index is 1.75. The second kappa shape index (κ2) is 9.53. The predicted molar refractivity (Wildman–Crippen MR) is 125 cm³/mol. The lowest BCUT2D eigenvalue weighted by Gasteiger charge is -2.23. The molecule has 1 aliphatic heterocycles. The summed E-state index contributed by atoms with van der Waals surface area (Å²) in [7, 11) is 0. The number of rotatable bonds is 9. The first-order chi connectivity index (χ1) is 16.3. The predicted octanol–water partition coefficient (Wildman–Crippen LogP) is 1.89. The zero-order chi connectivity index (χ0) is 24.4. The molecule has 4 rings (SSSR count). The molecule has 6 N–H and O–H groups in total. The van der Waals surface area contributed by atoms with Crippen LogP contribution in [0.15, 0.2) is 58.5 Å². The van der Waals surface area contributed by atoms with Crippen LogP contribution in [0.2, 0.25) is 0 Å². The van der Waals surface area contributed by atoms with E-state index in [4.69, 9.17) is 11.5 Å². The molecule has 0 unspecified atom stereocenters. The van der Waals surface area contributed by atoms with Crippen molar-refractivity contribution in [3.8, 4) is 0 Å². The van der Waals surface area contributed by atoms with Crippen molar-refractivity contribution in [3.05, 3.63) is 64.2 Å². The first-order valence-electron chi connectivity index (χ1n) is 10.5. The average molecular weight is 483 g/mol.